The molecular weight excluding hydrogens is 364 g/mol. The number of carbonyl (C=O) groups is 2. The van der Waals surface area contributed by atoms with E-state index in [9.17, 15) is 18.0 Å². The molecular formula is C20H22N2O4S. The maximum Gasteiger partial charge on any atom is 0.255 e. The third-order valence-corrected chi connectivity index (χ3v) is 6.19. The van der Waals surface area contributed by atoms with Crippen LogP contribution in [0.25, 0.3) is 0 Å². The van der Waals surface area contributed by atoms with Crippen molar-refractivity contribution in [2.75, 3.05) is 5.32 Å². The highest BCUT2D eigenvalue weighted by Gasteiger charge is 2.23. The molecule has 2 N–H and O–H groups in total. The number of amides is 1. The summed E-state index contributed by atoms with van der Waals surface area (Å²) in [7, 11) is -3.57. The molecule has 0 bridgehead atoms. The van der Waals surface area contributed by atoms with E-state index >= 15 is 0 Å². The molecule has 27 heavy (non-hydrogen) atoms. The summed E-state index contributed by atoms with van der Waals surface area (Å²) in [6.45, 7) is 1.48. The first kappa shape index (κ1) is 19.3. The first-order valence-electron chi connectivity index (χ1n) is 8.90. The fraction of sp³-hybridized carbons (Fsp3) is 0.300. The predicted octanol–water partition coefficient (Wildman–Crippen LogP) is 3.36. The number of rotatable bonds is 6. The third kappa shape index (κ3) is 4.81. The average molecular weight is 386 g/mol. The molecule has 7 heteroatoms. The van der Waals surface area contributed by atoms with Crippen molar-refractivity contribution in [3.05, 3.63) is 59.7 Å². The van der Waals surface area contributed by atoms with Crippen LogP contribution in [-0.4, -0.2) is 26.2 Å². The third-order valence-electron chi connectivity index (χ3n) is 4.65. The summed E-state index contributed by atoms with van der Waals surface area (Å²) >= 11 is 0. The first-order valence-corrected chi connectivity index (χ1v) is 10.4. The number of Topliss-reactive ketones (excluding diaryl/α,β-unsaturated/α-hetero) is 1. The standard InChI is InChI=1S/C20H22N2O4S/c1-14(23)15-6-10-17(11-7-15)21-20(24)16-8-12-19(13-9-16)27(25,26)22-18-4-2-3-5-18/h6-13,18,22H,2-5H2,1H3,(H,21,24). The van der Waals surface area contributed by atoms with Gasteiger partial charge in [0.2, 0.25) is 10.0 Å². The molecule has 0 atom stereocenters. The van der Waals surface area contributed by atoms with Crippen molar-refractivity contribution in [1.29, 1.82) is 0 Å². The molecule has 1 saturated carbocycles. The molecule has 0 spiro atoms. The number of sulfonamides is 1. The highest BCUT2D eigenvalue weighted by Crippen LogP contribution is 2.21. The molecule has 1 aliphatic carbocycles. The largest absolute Gasteiger partial charge is 0.322 e. The average Bonchev–Trinajstić information content (AvgIpc) is 3.14. The van der Waals surface area contributed by atoms with Gasteiger partial charge in [0.25, 0.3) is 5.91 Å². The second kappa shape index (κ2) is 8.02. The fourth-order valence-corrected chi connectivity index (χ4v) is 4.41. The lowest BCUT2D eigenvalue weighted by Gasteiger charge is -2.13. The van der Waals surface area contributed by atoms with Gasteiger partial charge in [-0.3, -0.25) is 9.59 Å². The zero-order chi connectivity index (χ0) is 19.4. The highest BCUT2D eigenvalue weighted by atomic mass is 32.2. The Bertz CT molecular complexity index is 929. The van der Waals surface area contributed by atoms with E-state index in [2.05, 4.69) is 10.0 Å². The van der Waals surface area contributed by atoms with E-state index in [1.807, 2.05) is 0 Å². The predicted molar refractivity (Wildman–Crippen MR) is 103 cm³/mol. The molecule has 0 heterocycles. The molecule has 0 saturated heterocycles. The van der Waals surface area contributed by atoms with Gasteiger partial charge in [0, 0.05) is 22.9 Å². The highest BCUT2D eigenvalue weighted by molar-refractivity contribution is 7.89. The van der Waals surface area contributed by atoms with Crippen LogP contribution >= 0.6 is 0 Å². The zero-order valence-corrected chi connectivity index (χ0v) is 15.9. The minimum atomic E-state index is -3.57. The first-order chi connectivity index (χ1) is 12.8. The lowest BCUT2D eigenvalue weighted by atomic mass is 10.1. The Labute approximate surface area is 159 Å². The van der Waals surface area contributed by atoms with Crippen LogP contribution in [0.4, 0.5) is 5.69 Å². The monoisotopic (exact) mass is 386 g/mol. The summed E-state index contributed by atoms with van der Waals surface area (Å²) in [5.41, 5.74) is 1.48. The van der Waals surface area contributed by atoms with Crippen LogP contribution in [0.2, 0.25) is 0 Å². The second-order valence-electron chi connectivity index (χ2n) is 6.71. The molecule has 0 aromatic heterocycles. The van der Waals surface area contributed by atoms with Gasteiger partial charge in [0.1, 0.15) is 0 Å². The van der Waals surface area contributed by atoms with Crippen molar-refractivity contribution in [2.45, 2.75) is 43.5 Å². The molecule has 0 aliphatic heterocycles. The van der Waals surface area contributed by atoms with Gasteiger partial charge in [0.15, 0.2) is 5.78 Å². The Morgan fingerprint density at radius 2 is 1.44 bits per heavy atom. The molecule has 1 fully saturated rings. The molecule has 6 nitrogen and oxygen atoms in total. The summed E-state index contributed by atoms with van der Waals surface area (Å²) in [5.74, 6) is -0.394. The van der Waals surface area contributed by atoms with Crippen LogP contribution in [-0.2, 0) is 10.0 Å². The van der Waals surface area contributed by atoms with E-state index in [1.54, 1.807) is 24.3 Å². The number of hydrogen-bond donors (Lipinski definition) is 2. The fourth-order valence-electron chi connectivity index (χ4n) is 3.11. The van der Waals surface area contributed by atoms with Crippen LogP contribution in [0.15, 0.2) is 53.4 Å². The van der Waals surface area contributed by atoms with Crippen LogP contribution in [0.1, 0.15) is 53.3 Å². The van der Waals surface area contributed by atoms with Crippen molar-refractivity contribution < 1.29 is 18.0 Å². The van der Waals surface area contributed by atoms with Crippen LogP contribution in [0, 0.1) is 0 Å². The van der Waals surface area contributed by atoms with E-state index in [0.717, 1.165) is 25.7 Å². The summed E-state index contributed by atoms with van der Waals surface area (Å²) in [6, 6.07) is 12.4. The lowest BCUT2D eigenvalue weighted by Crippen LogP contribution is -2.32. The summed E-state index contributed by atoms with van der Waals surface area (Å²) in [5, 5.41) is 2.73. The molecule has 142 valence electrons. The van der Waals surface area contributed by atoms with Crippen LogP contribution in [0.3, 0.4) is 0 Å². The van der Waals surface area contributed by atoms with Crippen molar-refractivity contribution in [3.8, 4) is 0 Å². The molecule has 1 aliphatic rings. The summed E-state index contributed by atoms with van der Waals surface area (Å²) in [4.78, 5) is 23.8. The number of ketones is 1. The van der Waals surface area contributed by atoms with Crippen molar-refractivity contribution in [3.63, 3.8) is 0 Å². The lowest BCUT2D eigenvalue weighted by molar-refractivity contribution is 0.101. The molecule has 0 radical (unpaired) electrons. The van der Waals surface area contributed by atoms with Gasteiger partial charge >= 0.3 is 0 Å². The molecule has 0 unspecified atom stereocenters. The number of benzene rings is 2. The summed E-state index contributed by atoms with van der Waals surface area (Å²) < 4.78 is 27.5. The topological polar surface area (TPSA) is 92.3 Å². The summed E-state index contributed by atoms with van der Waals surface area (Å²) in [6.07, 6.45) is 3.81. The Hall–Kier alpha value is -2.51. The minimum absolute atomic E-state index is 0.00375. The minimum Gasteiger partial charge on any atom is -0.322 e. The maximum atomic E-state index is 12.4. The van der Waals surface area contributed by atoms with Gasteiger partial charge in [0.05, 0.1) is 4.90 Å². The van der Waals surface area contributed by atoms with Gasteiger partial charge in [-0.25, -0.2) is 13.1 Å². The van der Waals surface area contributed by atoms with Gasteiger partial charge < -0.3 is 5.32 Å². The van der Waals surface area contributed by atoms with Gasteiger partial charge in [-0.05, 0) is 68.3 Å². The molecule has 2 aromatic carbocycles. The van der Waals surface area contributed by atoms with Crippen LogP contribution in [0.5, 0.6) is 0 Å². The quantitative estimate of drug-likeness (QED) is 0.745. The van der Waals surface area contributed by atoms with E-state index in [4.69, 9.17) is 0 Å². The SMILES string of the molecule is CC(=O)c1ccc(NC(=O)c2ccc(S(=O)(=O)NC3CCCC3)cc2)cc1. The van der Waals surface area contributed by atoms with Crippen molar-refractivity contribution >= 4 is 27.4 Å². The number of anilines is 1. The number of carbonyl (C=O) groups excluding carboxylic acids is 2. The Kier molecular flexibility index (Phi) is 5.72. The van der Waals surface area contributed by atoms with Gasteiger partial charge in [-0.1, -0.05) is 12.8 Å². The Morgan fingerprint density at radius 1 is 0.889 bits per heavy atom. The molecule has 3 rings (SSSR count). The van der Waals surface area contributed by atoms with Crippen molar-refractivity contribution in [1.82, 2.24) is 4.72 Å². The van der Waals surface area contributed by atoms with E-state index < -0.39 is 10.0 Å². The van der Waals surface area contributed by atoms with Crippen LogP contribution < -0.4 is 10.0 Å². The van der Waals surface area contributed by atoms with E-state index in [-0.39, 0.29) is 22.6 Å². The molecule has 1 amide bonds. The van der Waals surface area contributed by atoms with E-state index in [0.29, 0.717) is 16.8 Å². The maximum absolute atomic E-state index is 12.4. The van der Waals surface area contributed by atoms with Gasteiger partial charge in [-0.15, -0.1) is 0 Å². The van der Waals surface area contributed by atoms with Crippen molar-refractivity contribution in [2.24, 2.45) is 0 Å². The van der Waals surface area contributed by atoms with E-state index in [1.165, 1.54) is 31.2 Å². The molecule has 2 aromatic rings. The second-order valence-corrected chi connectivity index (χ2v) is 8.43. The normalized spacial score (nSPS) is 14.9. The Balaban J connectivity index is 1.67. The Morgan fingerprint density at radius 3 is 2.00 bits per heavy atom. The number of nitrogens with one attached hydrogen (secondary N) is 2. The zero-order valence-electron chi connectivity index (χ0n) is 15.1. The smallest absolute Gasteiger partial charge is 0.255 e. The number of hydrogen-bond acceptors (Lipinski definition) is 4. The van der Waals surface area contributed by atoms with Gasteiger partial charge in [-0.2, -0.15) is 0 Å².